The molecule has 2 aromatic rings. The molecule has 1 saturated heterocycles. The predicted octanol–water partition coefficient (Wildman–Crippen LogP) is 0.775. The van der Waals surface area contributed by atoms with Crippen LogP contribution in [0.2, 0.25) is 0 Å². The van der Waals surface area contributed by atoms with Gasteiger partial charge in [0.2, 0.25) is 0 Å². The van der Waals surface area contributed by atoms with E-state index in [0.717, 1.165) is 36.5 Å². The third-order valence-electron chi connectivity index (χ3n) is 3.49. The Morgan fingerprint density at radius 3 is 3.28 bits per heavy atom. The van der Waals surface area contributed by atoms with Crippen molar-refractivity contribution >= 4 is 16.9 Å². The van der Waals surface area contributed by atoms with E-state index in [1.165, 1.54) is 12.8 Å². The Bertz CT molecular complexity index is 528. The Hall–Kier alpha value is -1.69. The Morgan fingerprint density at radius 2 is 2.44 bits per heavy atom. The van der Waals surface area contributed by atoms with Gasteiger partial charge in [0.1, 0.15) is 12.1 Å². The molecular weight excluding hydrogens is 228 g/mol. The Morgan fingerprint density at radius 1 is 1.50 bits per heavy atom. The Balaban J connectivity index is 1.74. The highest BCUT2D eigenvalue weighted by Gasteiger charge is 2.14. The lowest BCUT2D eigenvalue weighted by Gasteiger charge is -2.23. The Kier molecular flexibility index (Phi) is 3.10. The highest BCUT2D eigenvalue weighted by atomic mass is 15.3. The number of nitrogens with one attached hydrogen (secondary N) is 2. The second-order valence-corrected chi connectivity index (χ2v) is 4.82. The summed E-state index contributed by atoms with van der Waals surface area (Å²) in [6, 6.07) is 0. The summed E-state index contributed by atoms with van der Waals surface area (Å²) in [7, 11) is 1.89. The summed E-state index contributed by atoms with van der Waals surface area (Å²) in [6.45, 7) is 3.19. The molecule has 6 heteroatoms. The number of aromatic nitrogens is 4. The normalized spacial score (nSPS) is 20.2. The second-order valence-electron chi connectivity index (χ2n) is 4.82. The van der Waals surface area contributed by atoms with Crippen LogP contribution in [-0.2, 0) is 7.05 Å². The molecule has 2 aromatic heterocycles. The van der Waals surface area contributed by atoms with E-state index < -0.39 is 0 Å². The number of anilines is 1. The molecular formula is C12H18N6. The number of nitrogens with zero attached hydrogens (tertiary/aromatic N) is 4. The van der Waals surface area contributed by atoms with Crippen molar-refractivity contribution in [3.8, 4) is 0 Å². The number of aryl methyl sites for hydroxylation is 1. The second kappa shape index (κ2) is 4.89. The summed E-state index contributed by atoms with van der Waals surface area (Å²) in [4.78, 5) is 8.54. The number of rotatable bonds is 3. The topological polar surface area (TPSA) is 67.7 Å². The third-order valence-corrected chi connectivity index (χ3v) is 3.49. The Labute approximate surface area is 106 Å². The van der Waals surface area contributed by atoms with E-state index in [-0.39, 0.29) is 0 Å². The van der Waals surface area contributed by atoms with E-state index in [1.54, 1.807) is 11.0 Å². The van der Waals surface area contributed by atoms with Crippen molar-refractivity contribution in [2.75, 3.05) is 25.0 Å². The van der Waals surface area contributed by atoms with Crippen molar-refractivity contribution in [3.05, 3.63) is 12.5 Å². The molecule has 0 amide bonds. The van der Waals surface area contributed by atoms with Crippen LogP contribution in [-0.4, -0.2) is 39.4 Å². The van der Waals surface area contributed by atoms with Crippen molar-refractivity contribution in [1.29, 1.82) is 0 Å². The molecule has 0 spiro atoms. The van der Waals surface area contributed by atoms with Crippen molar-refractivity contribution in [3.63, 3.8) is 0 Å². The van der Waals surface area contributed by atoms with E-state index in [1.807, 2.05) is 13.2 Å². The smallest absolute Gasteiger partial charge is 0.163 e. The lowest BCUT2D eigenvalue weighted by molar-refractivity contribution is 0.392. The molecule has 1 fully saturated rings. The van der Waals surface area contributed by atoms with E-state index in [9.17, 15) is 0 Å². The highest BCUT2D eigenvalue weighted by Crippen LogP contribution is 2.19. The molecule has 0 radical (unpaired) electrons. The van der Waals surface area contributed by atoms with Gasteiger partial charge in [-0.25, -0.2) is 9.97 Å². The maximum absolute atomic E-state index is 4.31. The number of hydrogen-bond donors (Lipinski definition) is 2. The van der Waals surface area contributed by atoms with Crippen LogP contribution in [0.3, 0.4) is 0 Å². The highest BCUT2D eigenvalue weighted by molar-refractivity contribution is 5.85. The first-order valence-corrected chi connectivity index (χ1v) is 6.42. The van der Waals surface area contributed by atoms with Gasteiger partial charge in [0.25, 0.3) is 0 Å². The molecule has 18 heavy (non-hydrogen) atoms. The molecule has 96 valence electrons. The average molecular weight is 246 g/mol. The SMILES string of the molecule is Cn1ncc2c(NCC3CCCNC3)ncnc21. The maximum atomic E-state index is 4.31. The summed E-state index contributed by atoms with van der Waals surface area (Å²) < 4.78 is 1.77. The molecule has 1 atom stereocenters. The van der Waals surface area contributed by atoms with Gasteiger partial charge in [-0.1, -0.05) is 0 Å². The third kappa shape index (κ3) is 2.15. The van der Waals surface area contributed by atoms with Gasteiger partial charge in [0.15, 0.2) is 5.65 Å². The van der Waals surface area contributed by atoms with Gasteiger partial charge >= 0.3 is 0 Å². The number of hydrogen-bond acceptors (Lipinski definition) is 5. The molecule has 1 aliphatic rings. The van der Waals surface area contributed by atoms with Crippen LogP contribution >= 0.6 is 0 Å². The standard InChI is InChI=1S/C12H18N6/c1-18-12-10(7-17-18)11(15-8-16-12)14-6-9-3-2-4-13-5-9/h7-9,13H,2-6H2,1H3,(H,14,15,16). The average Bonchev–Trinajstić information content (AvgIpc) is 2.80. The fourth-order valence-corrected chi connectivity index (χ4v) is 2.44. The molecule has 3 heterocycles. The van der Waals surface area contributed by atoms with Crippen LogP contribution in [0.4, 0.5) is 5.82 Å². The zero-order valence-electron chi connectivity index (χ0n) is 10.6. The van der Waals surface area contributed by atoms with Gasteiger partial charge in [-0.05, 0) is 31.8 Å². The van der Waals surface area contributed by atoms with Crippen LogP contribution in [0.15, 0.2) is 12.5 Å². The molecule has 1 unspecified atom stereocenters. The van der Waals surface area contributed by atoms with Gasteiger partial charge < -0.3 is 10.6 Å². The first-order chi connectivity index (χ1) is 8.84. The van der Waals surface area contributed by atoms with Crippen molar-refractivity contribution in [1.82, 2.24) is 25.1 Å². The fourth-order valence-electron chi connectivity index (χ4n) is 2.44. The molecule has 0 bridgehead atoms. The van der Waals surface area contributed by atoms with E-state index in [0.29, 0.717) is 5.92 Å². The van der Waals surface area contributed by atoms with Crippen LogP contribution in [0.1, 0.15) is 12.8 Å². The van der Waals surface area contributed by atoms with E-state index in [2.05, 4.69) is 25.7 Å². The largest absolute Gasteiger partial charge is 0.369 e. The first kappa shape index (κ1) is 11.4. The molecule has 0 aromatic carbocycles. The van der Waals surface area contributed by atoms with Gasteiger partial charge in [0, 0.05) is 13.6 Å². The quantitative estimate of drug-likeness (QED) is 0.837. The van der Waals surface area contributed by atoms with Crippen LogP contribution in [0.5, 0.6) is 0 Å². The number of piperidine rings is 1. The molecule has 6 nitrogen and oxygen atoms in total. The first-order valence-electron chi connectivity index (χ1n) is 6.42. The maximum Gasteiger partial charge on any atom is 0.163 e. The van der Waals surface area contributed by atoms with Crippen LogP contribution in [0, 0.1) is 5.92 Å². The summed E-state index contributed by atoms with van der Waals surface area (Å²) >= 11 is 0. The summed E-state index contributed by atoms with van der Waals surface area (Å²) in [5.41, 5.74) is 0.870. The van der Waals surface area contributed by atoms with Crippen molar-refractivity contribution < 1.29 is 0 Å². The number of fused-ring (bicyclic) bond motifs is 1. The molecule has 2 N–H and O–H groups in total. The molecule has 3 rings (SSSR count). The van der Waals surface area contributed by atoms with Gasteiger partial charge in [-0.2, -0.15) is 5.10 Å². The van der Waals surface area contributed by atoms with E-state index >= 15 is 0 Å². The van der Waals surface area contributed by atoms with Gasteiger partial charge in [0.05, 0.1) is 11.6 Å². The molecule has 1 aliphatic heterocycles. The van der Waals surface area contributed by atoms with Crippen molar-refractivity contribution in [2.24, 2.45) is 13.0 Å². The minimum Gasteiger partial charge on any atom is -0.369 e. The minimum absolute atomic E-state index is 0.681. The molecule has 0 saturated carbocycles. The van der Waals surface area contributed by atoms with E-state index in [4.69, 9.17) is 0 Å². The fraction of sp³-hybridized carbons (Fsp3) is 0.583. The lowest BCUT2D eigenvalue weighted by atomic mass is 10.00. The monoisotopic (exact) mass is 246 g/mol. The summed E-state index contributed by atoms with van der Waals surface area (Å²) in [5, 5.41) is 12.1. The van der Waals surface area contributed by atoms with Crippen LogP contribution < -0.4 is 10.6 Å². The zero-order valence-corrected chi connectivity index (χ0v) is 10.6. The van der Waals surface area contributed by atoms with Gasteiger partial charge in [-0.15, -0.1) is 0 Å². The summed E-state index contributed by atoms with van der Waals surface area (Å²) in [6.07, 6.45) is 5.95. The van der Waals surface area contributed by atoms with Crippen LogP contribution in [0.25, 0.3) is 11.0 Å². The summed E-state index contributed by atoms with van der Waals surface area (Å²) in [5.74, 6) is 1.57. The minimum atomic E-state index is 0.681. The predicted molar refractivity (Wildman–Crippen MR) is 70.4 cm³/mol. The van der Waals surface area contributed by atoms with Gasteiger partial charge in [-0.3, -0.25) is 4.68 Å². The molecule has 0 aliphatic carbocycles. The van der Waals surface area contributed by atoms with Crippen molar-refractivity contribution in [2.45, 2.75) is 12.8 Å². The zero-order chi connectivity index (χ0) is 12.4. The lowest BCUT2D eigenvalue weighted by Crippen LogP contribution is -2.33.